The molecule has 0 unspecified atom stereocenters. The van der Waals surface area contributed by atoms with Crippen molar-refractivity contribution in [2.24, 2.45) is 0 Å². The molecule has 10 heteroatoms. The van der Waals surface area contributed by atoms with Crippen LogP contribution in [0.15, 0.2) is 30.6 Å². The molecule has 3 N–H and O–H groups in total. The Morgan fingerprint density at radius 2 is 1.92 bits per heavy atom. The van der Waals surface area contributed by atoms with Crippen molar-refractivity contribution in [2.45, 2.75) is 25.6 Å². The molecule has 1 heterocycles. The number of halogens is 3. The lowest BCUT2D eigenvalue weighted by molar-refractivity contribution is -0.137. The number of rotatable bonds is 7. The number of benzene rings is 1. The molecule has 1 aromatic carbocycles. The third-order valence-electron chi connectivity index (χ3n) is 3.26. The fraction of sp³-hybridized carbons (Fsp3) is 0.400. The second kappa shape index (κ2) is 8.47. The van der Waals surface area contributed by atoms with Crippen LogP contribution in [0.2, 0.25) is 0 Å². The summed E-state index contributed by atoms with van der Waals surface area (Å²) in [5.74, 6) is 0.0894. The van der Waals surface area contributed by atoms with Crippen molar-refractivity contribution in [3.63, 3.8) is 0 Å². The van der Waals surface area contributed by atoms with E-state index in [0.29, 0.717) is 24.9 Å². The molecule has 0 aliphatic heterocycles. The van der Waals surface area contributed by atoms with Gasteiger partial charge in [0.15, 0.2) is 0 Å². The van der Waals surface area contributed by atoms with Crippen LogP contribution in [0, 0.1) is 0 Å². The lowest BCUT2D eigenvalue weighted by Gasteiger charge is -2.07. The number of hydrogen-bond donors (Lipinski definition) is 3. The van der Waals surface area contributed by atoms with E-state index in [1.54, 1.807) is 0 Å². The zero-order valence-electron chi connectivity index (χ0n) is 13.3. The number of alkyl halides is 3. The Morgan fingerprint density at radius 3 is 2.56 bits per heavy atom. The molecule has 0 fully saturated rings. The molecular formula is C15H18F3N5O2. The number of unbranched alkanes of at least 4 members (excludes halogenated alkanes) is 1. The number of carbonyl (C=O) groups excluding carboxylic acids is 1. The molecule has 0 bridgehead atoms. The number of anilines is 1. The highest BCUT2D eigenvalue weighted by Gasteiger charge is 2.29. The van der Waals surface area contributed by atoms with Gasteiger partial charge in [-0.1, -0.05) is 12.1 Å². The second-order valence-electron chi connectivity index (χ2n) is 5.27. The third-order valence-corrected chi connectivity index (χ3v) is 3.26. The lowest BCUT2D eigenvalue weighted by atomic mass is 10.1. The summed E-state index contributed by atoms with van der Waals surface area (Å²) in [6, 6.07) is 4.28. The van der Waals surface area contributed by atoms with Gasteiger partial charge in [0.2, 0.25) is 5.95 Å². The van der Waals surface area contributed by atoms with Crippen LogP contribution in [-0.4, -0.2) is 39.1 Å². The van der Waals surface area contributed by atoms with Gasteiger partial charge in [0.05, 0.1) is 12.1 Å². The monoisotopic (exact) mass is 357 g/mol. The first-order valence-electron chi connectivity index (χ1n) is 7.60. The van der Waals surface area contributed by atoms with Gasteiger partial charge < -0.3 is 10.4 Å². The molecule has 2 aromatic rings. The SMILES string of the molecule is O=C(NCCCCO)Nc1ncn(Cc2ccc(C(F)(F)F)cc2)n1. The maximum atomic E-state index is 12.5. The Morgan fingerprint density at radius 1 is 1.20 bits per heavy atom. The number of aromatic nitrogens is 3. The Kier molecular flexibility index (Phi) is 6.34. The highest BCUT2D eigenvalue weighted by Crippen LogP contribution is 2.29. The van der Waals surface area contributed by atoms with E-state index in [1.807, 2.05) is 0 Å². The fourth-order valence-corrected chi connectivity index (χ4v) is 2.00. The van der Waals surface area contributed by atoms with Crippen LogP contribution in [-0.2, 0) is 12.7 Å². The van der Waals surface area contributed by atoms with Crippen molar-refractivity contribution in [3.05, 3.63) is 41.7 Å². The van der Waals surface area contributed by atoms with Crippen LogP contribution in [0.25, 0.3) is 0 Å². The van der Waals surface area contributed by atoms with Gasteiger partial charge in [-0.05, 0) is 30.5 Å². The Labute approximate surface area is 141 Å². The number of nitrogens with one attached hydrogen (secondary N) is 2. The van der Waals surface area contributed by atoms with Gasteiger partial charge >= 0.3 is 12.2 Å². The van der Waals surface area contributed by atoms with Crippen molar-refractivity contribution >= 4 is 12.0 Å². The van der Waals surface area contributed by atoms with E-state index < -0.39 is 17.8 Å². The third kappa shape index (κ3) is 6.07. The summed E-state index contributed by atoms with van der Waals surface area (Å²) in [6.45, 7) is 0.711. The molecule has 0 aliphatic carbocycles. The standard InChI is InChI=1S/C15H18F3N5O2/c16-15(17,18)12-5-3-11(4-6-12)9-23-10-20-13(22-23)21-14(25)19-7-1-2-8-24/h3-6,10,24H,1-2,7-9H2,(H2,19,21,22,25). The van der Waals surface area contributed by atoms with Gasteiger partial charge in [-0.2, -0.15) is 13.2 Å². The van der Waals surface area contributed by atoms with Gasteiger partial charge in [-0.3, -0.25) is 5.32 Å². The fourth-order valence-electron chi connectivity index (χ4n) is 2.00. The molecule has 7 nitrogen and oxygen atoms in total. The van der Waals surface area contributed by atoms with E-state index in [9.17, 15) is 18.0 Å². The summed E-state index contributed by atoms with van der Waals surface area (Å²) in [6.07, 6.45) is -1.74. The predicted octanol–water partition coefficient (Wildman–Crippen LogP) is 2.24. The molecule has 0 atom stereocenters. The maximum Gasteiger partial charge on any atom is 0.416 e. The number of nitrogens with zero attached hydrogens (tertiary/aromatic N) is 3. The van der Waals surface area contributed by atoms with Gasteiger partial charge in [-0.25, -0.2) is 14.5 Å². The summed E-state index contributed by atoms with van der Waals surface area (Å²) in [7, 11) is 0. The van der Waals surface area contributed by atoms with Crippen LogP contribution >= 0.6 is 0 Å². The topological polar surface area (TPSA) is 92.1 Å². The molecule has 1 aromatic heterocycles. The first-order valence-corrected chi connectivity index (χ1v) is 7.60. The Bertz CT molecular complexity index is 685. The summed E-state index contributed by atoms with van der Waals surface area (Å²) in [4.78, 5) is 15.5. The summed E-state index contributed by atoms with van der Waals surface area (Å²) >= 11 is 0. The number of aliphatic hydroxyl groups excluding tert-OH is 1. The van der Waals surface area contributed by atoms with E-state index >= 15 is 0 Å². The number of aliphatic hydroxyl groups is 1. The van der Waals surface area contributed by atoms with Crippen molar-refractivity contribution < 1.29 is 23.1 Å². The molecule has 0 saturated heterocycles. The van der Waals surface area contributed by atoms with E-state index in [0.717, 1.165) is 12.1 Å². The van der Waals surface area contributed by atoms with Crippen molar-refractivity contribution in [2.75, 3.05) is 18.5 Å². The van der Waals surface area contributed by atoms with Crippen molar-refractivity contribution in [3.8, 4) is 0 Å². The van der Waals surface area contributed by atoms with Gasteiger partial charge in [0.25, 0.3) is 0 Å². The van der Waals surface area contributed by atoms with Crippen LogP contribution < -0.4 is 10.6 Å². The summed E-state index contributed by atoms with van der Waals surface area (Å²) < 4.78 is 39.0. The minimum Gasteiger partial charge on any atom is -0.396 e. The van der Waals surface area contributed by atoms with E-state index in [-0.39, 0.29) is 19.1 Å². The molecule has 2 amide bonds. The maximum absolute atomic E-state index is 12.5. The number of amides is 2. The average molecular weight is 357 g/mol. The number of hydrogen-bond acceptors (Lipinski definition) is 4. The van der Waals surface area contributed by atoms with Crippen molar-refractivity contribution in [1.29, 1.82) is 0 Å². The lowest BCUT2D eigenvalue weighted by Crippen LogP contribution is -2.30. The Balaban J connectivity index is 1.85. The molecular weight excluding hydrogens is 339 g/mol. The van der Waals surface area contributed by atoms with E-state index in [4.69, 9.17) is 5.11 Å². The van der Waals surface area contributed by atoms with Gasteiger partial charge in [-0.15, -0.1) is 5.10 Å². The van der Waals surface area contributed by atoms with E-state index in [2.05, 4.69) is 20.7 Å². The Hall–Kier alpha value is -2.62. The van der Waals surface area contributed by atoms with E-state index in [1.165, 1.54) is 23.1 Å². The van der Waals surface area contributed by atoms with Crippen LogP contribution in [0.5, 0.6) is 0 Å². The first-order chi connectivity index (χ1) is 11.9. The smallest absolute Gasteiger partial charge is 0.396 e. The van der Waals surface area contributed by atoms with Crippen molar-refractivity contribution in [1.82, 2.24) is 20.1 Å². The molecule has 0 spiro atoms. The number of carbonyl (C=O) groups is 1. The highest BCUT2D eigenvalue weighted by atomic mass is 19.4. The predicted molar refractivity (Wildman–Crippen MR) is 83.9 cm³/mol. The average Bonchev–Trinajstić information content (AvgIpc) is 2.98. The highest BCUT2D eigenvalue weighted by molar-refractivity contribution is 5.87. The zero-order valence-corrected chi connectivity index (χ0v) is 13.3. The minimum absolute atomic E-state index is 0.0687. The molecule has 0 aliphatic rings. The summed E-state index contributed by atoms with van der Waals surface area (Å²) in [5.41, 5.74) is -0.0898. The molecule has 136 valence electrons. The largest absolute Gasteiger partial charge is 0.416 e. The molecule has 2 rings (SSSR count). The van der Waals surface area contributed by atoms with Crippen LogP contribution in [0.3, 0.4) is 0 Å². The number of urea groups is 1. The van der Waals surface area contributed by atoms with Crippen LogP contribution in [0.1, 0.15) is 24.0 Å². The summed E-state index contributed by atoms with van der Waals surface area (Å²) in [5, 5.41) is 17.7. The minimum atomic E-state index is -4.37. The molecule has 0 saturated carbocycles. The van der Waals surface area contributed by atoms with Gasteiger partial charge in [0, 0.05) is 13.2 Å². The molecule has 25 heavy (non-hydrogen) atoms. The second-order valence-corrected chi connectivity index (χ2v) is 5.27. The quantitative estimate of drug-likeness (QED) is 0.663. The zero-order chi connectivity index (χ0) is 18.3. The normalized spacial score (nSPS) is 11.4. The van der Waals surface area contributed by atoms with Gasteiger partial charge in [0.1, 0.15) is 6.33 Å². The van der Waals surface area contributed by atoms with Crippen LogP contribution in [0.4, 0.5) is 23.9 Å². The first kappa shape index (κ1) is 18.7. The molecule has 0 radical (unpaired) electrons.